The van der Waals surface area contributed by atoms with Gasteiger partial charge in [-0.05, 0) is 24.1 Å². The number of nitrogens with one attached hydrogen (secondary N) is 3. The normalized spacial score (nSPS) is 16.3. The smallest absolute Gasteiger partial charge is 0.255 e. The molecule has 9 heteroatoms. The van der Waals surface area contributed by atoms with E-state index in [1.54, 1.807) is 13.2 Å². The minimum Gasteiger partial charge on any atom is -0.492 e. The number of carbonyl (C=O) groups excluding carboxylic acids is 1. The molecule has 3 aromatic rings. The quantitative estimate of drug-likeness (QED) is 0.510. The zero-order valence-electron chi connectivity index (χ0n) is 18.0. The summed E-state index contributed by atoms with van der Waals surface area (Å²) in [5.41, 5.74) is 2.26. The summed E-state index contributed by atoms with van der Waals surface area (Å²) in [6.07, 6.45) is 2.57. The Kier molecular flexibility index (Phi) is 6.09. The second-order valence-corrected chi connectivity index (χ2v) is 7.71. The molecule has 0 fully saturated rings. The molecule has 0 saturated heterocycles. The van der Waals surface area contributed by atoms with Gasteiger partial charge in [0.15, 0.2) is 17.4 Å². The van der Waals surface area contributed by atoms with Gasteiger partial charge in [0, 0.05) is 43.6 Å². The minimum absolute atomic E-state index is 0.0101. The van der Waals surface area contributed by atoms with Crippen molar-refractivity contribution < 1.29 is 23.0 Å². The summed E-state index contributed by atoms with van der Waals surface area (Å²) in [6.45, 7) is 2.92. The van der Waals surface area contributed by atoms with Crippen LogP contribution in [0.3, 0.4) is 0 Å². The molecule has 0 spiro atoms. The number of hydrogen-bond donors (Lipinski definition) is 3. The summed E-state index contributed by atoms with van der Waals surface area (Å²) in [5, 5.41) is 6.02. The number of aromatic nitrogens is 2. The summed E-state index contributed by atoms with van der Waals surface area (Å²) < 4.78 is 39.5. The molecule has 0 radical (unpaired) electrons. The molecular formula is C23H24F2N4O3. The van der Waals surface area contributed by atoms with Crippen LogP contribution in [0.25, 0.3) is 11.3 Å². The number of para-hydroxylation sites is 1. The minimum atomic E-state index is -0.561. The number of ether oxygens (including phenoxy) is 2. The molecule has 4 rings (SSSR count). The average molecular weight is 442 g/mol. The van der Waals surface area contributed by atoms with E-state index < -0.39 is 11.6 Å². The fraction of sp³-hybridized carbons (Fsp3) is 0.304. The molecule has 0 bridgehead atoms. The molecule has 1 aliphatic rings. The van der Waals surface area contributed by atoms with Gasteiger partial charge in [-0.15, -0.1) is 0 Å². The van der Waals surface area contributed by atoms with Gasteiger partial charge in [0.25, 0.3) is 5.91 Å². The van der Waals surface area contributed by atoms with E-state index in [1.165, 1.54) is 31.5 Å². The Bertz CT molecular complexity index is 1150. The van der Waals surface area contributed by atoms with Crippen LogP contribution >= 0.6 is 0 Å². The van der Waals surface area contributed by atoms with Crippen molar-refractivity contribution in [3.8, 4) is 17.0 Å². The first kappa shape index (κ1) is 21.8. The first-order valence-electron chi connectivity index (χ1n) is 10.2. The number of rotatable bonds is 7. The van der Waals surface area contributed by atoms with Crippen molar-refractivity contribution >= 4 is 17.3 Å². The second kappa shape index (κ2) is 8.96. The van der Waals surface area contributed by atoms with Gasteiger partial charge in [0.2, 0.25) is 0 Å². The van der Waals surface area contributed by atoms with E-state index in [2.05, 4.69) is 20.6 Å². The monoisotopic (exact) mass is 442 g/mol. The first-order valence-corrected chi connectivity index (χ1v) is 10.2. The van der Waals surface area contributed by atoms with Gasteiger partial charge in [0.1, 0.15) is 0 Å². The third kappa shape index (κ3) is 3.80. The Labute approximate surface area is 184 Å². The Morgan fingerprint density at radius 2 is 2.06 bits per heavy atom. The third-order valence-corrected chi connectivity index (χ3v) is 5.70. The maximum absolute atomic E-state index is 14.7. The predicted octanol–water partition coefficient (Wildman–Crippen LogP) is 4.22. The van der Waals surface area contributed by atoms with Crippen LogP contribution in [0.2, 0.25) is 0 Å². The number of nitrogens with zero attached hydrogens (tertiary/aromatic N) is 1. The summed E-state index contributed by atoms with van der Waals surface area (Å²) in [6, 6.07) is 5.94. The van der Waals surface area contributed by atoms with Crippen molar-refractivity contribution in [3.63, 3.8) is 0 Å². The predicted molar refractivity (Wildman–Crippen MR) is 116 cm³/mol. The van der Waals surface area contributed by atoms with Crippen LogP contribution in [0, 0.1) is 17.6 Å². The number of halogens is 2. The Balaban J connectivity index is 1.93. The van der Waals surface area contributed by atoms with Crippen LogP contribution in [0.1, 0.15) is 28.9 Å². The van der Waals surface area contributed by atoms with Gasteiger partial charge in [0.05, 0.1) is 35.9 Å². The lowest BCUT2D eigenvalue weighted by Crippen LogP contribution is -2.38. The topological polar surface area (TPSA) is 88.3 Å². The lowest BCUT2D eigenvalue weighted by molar-refractivity contribution is 0.0920. The fourth-order valence-electron chi connectivity index (χ4n) is 4.15. The molecule has 2 aromatic heterocycles. The molecule has 1 amide bonds. The van der Waals surface area contributed by atoms with Gasteiger partial charge in [-0.3, -0.25) is 9.78 Å². The Morgan fingerprint density at radius 1 is 1.25 bits per heavy atom. The maximum Gasteiger partial charge on any atom is 0.255 e. The van der Waals surface area contributed by atoms with Crippen molar-refractivity contribution in [1.29, 1.82) is 0 Å². The molecule has 1 aliphatic heterocycles. The van der Waals surface area contributed by atoms with E-state index in [0.717, 1.165) is 6.20 Å². The van der Waals surface area contributed by atoms with Gasteiger partial charge in [-0.1, -0.05) is 13.0 Å². The third-order valence-electron chi connectivity index (χ3n) is 5.70. The van der Waals surface area contributed by atoms with Gasteiger partial charge < -0.3 is 25.1 Å². The van der Waals surface area contributed by atoms with Gasteiger partial charge in [-0.2, -0.15) is 0 Å². The second-order valence-electron chi connectivity index (χ2n) is 7.71. The molecule has 2 unspecified atom stereocenters. The van der Waals surface area contributed by atoms with Crippen LogP contribution in [-0.2, 0) is 4.74 Å². The summed E-state index contributed by atoms with van der Waals surface area (Å²) >= 11 is 0. The maximum atomic E-state index is 14.7. The molecule has 168 valence electrons. The highest BCUT2D eigenvalue weighted by Gasteiger charge is 2.36. The van der Waals surface area contributed by atoms with Crippen molar-refractivity contribution in [2.24, 2.45) is 5.92 Å². The summed E-state index contributed by atoms with van der Waals surface area (Å²) in [5.74, 6) is -1.45. The van der Waals surface area contributed by atoms with E-state index in [9.17, 15) is 13.6 Å². The molecule has 3 N–H and O–H groups in total. The lowest BCUT2D eigenvalue weighted by atomic mass is 9.86. The highest BCUT2D eigenvalue weighted by atomic mass is 19.1. The Morgan fingerprint density at radius 3 is 2.78 bits per heavy atom. The average Bonchev–Trinajstić information content (AvgIpc) is 3.14. The SMILES string of the molecule is COCC(C)C1CNC(=O)c2c1[nH]c(-c1ccncc1F)c2Nc1cccc(F)c1OC. The van der Waals surface area contributed by atoms with Crippen molar-refractivity contribution in [1.82, 2.24) is 15.3 Å². The van der Waals surface area contributed by atoms with Crippen LogP contribution < -0.4 is 15.4 Å². The molecule has 0 aliphatic carbocycles. The number of hydrogen-bond acceptors (Lipinski definition) is 5. The molecule has 0 saturated carbocycles. The van der Waals surface area contributed by atoms with Gasteiger partial charge in [-0.25, -0.2) is 8.78 Å². The van der Waals surface area contributed by atoms with Crippen LogP contribution in [0.15, 0.2) is 36.7 Å². The van der Waals surface area contributed by atoms with Crippen LogP contribution in [0.5, 0.6) is 5.75 Å². The molecule has 3 heterocycles. The van der Waals surface area contributed by atoms with E-state index in [-0.39, 0.29) is 29.1 Å². The molecule has 7 nitrogen and oxygen atoms in total. The van der Waals surface area contributed by atoms with Crippen LogP contribution in [0.4, 0.5) is 20.2 Å². The van der Waals surface area contributed by atoms with E-state index in [4.69, 9.17) is 9.47 Å². The molecule has 2 atom stereocenters. The van der Waals surface area contributed by atoms with Gasteiger partial charge >= 0.3 is 0 Å². The van der Waals surface area contributed by atoms with Crippen LogP contribution in [-0.4, -0.2) is 43.2 Å². The number of carbonyl (C=O) groups is 1. The number of H-pyrrole nitrogens is 1. The highest BCUT2D eigenvalue weighted by molar-refractivity contribution is 6.06. The van der Waals surface area contributed by atoms with E-state index in [1.807, 2.05) is 6.92 Å². The van der Waals surface area contributed by atoms with E-state index in [0.29, 0.717) is 41.5 Å². The number of fused-ring (bicyclic) bond motifs is 1. The molecular weight excluding hydrogens is 418 g/mol. The number of benzene rings is 1. The number of pyridine rings is 1. The fourth-order valence-corrected chi connectivity index (χ4v) is 4.15. The zero-order chi connectivity index (χ0) is 22.8. The van der Waals surface area contributed by atoms with Crippen molar-refractivity contribution in [3.05, 3.63) is 59.6 Å². The summed E-state index contributed by atoms with van der Waals surface area (Å²) in [7, 11) is 2.98. The van der Waals surface area contributed by atoms with E-state index >= 15 is 0 Å². The van der Waals surface area contributed by atoms with Crippen molar-refractivity contribution in [2.45, 2.75) is 12.8 Å². The molecule has 1 aromatic carbocycles. The van der Waals surface area contributed by atoms with Crippen molar-refractivity contribution in [2.75, 3.05) is 32.7 Å². The zero-order valence-corrected chi connectivity index (χ0v) is 18.0. The lowest BCUT2D eigenvalue weighted by Gasteiger charge is -2.28. The Hall–Kier alpha value is -3.46. The molecule has 32 heavy (non-hydrogen) atoms. The first-order chi connectivity index (χ1) is 15.5. The summed E-state index contributed by atoms with van der Waals surface area (Å²) in [4.78, 5) is 20.0. The number of anilines is 2. The number of methoxy groups -OCH3 is 2. The number of aromatic amines is 1. The number of amides is 1. The largest absolute Gasteiger partial charge is 0.492 e. The standard InChI is InChI=1S/C23H24F2N4O3/c1-12(11-31-2)14-9-27-23(30)18-19(14)29-20(13-7-8-26-10-16(13)25)21(18)28-17-6-4-5-15(24)22(17)32-3/h4-8,10,12,14,28-29H,9,11H2,1-3H3,(H,27,30). The highest BCUT2D eigenvalue weighted by Crippen LogP contribution is 2.43.